The number of hydrogen-bond acceptors (Lipinski definition) is 3. The molecule has 2 rings (SSSR count). The van der Waals surface area contributed by atoms with Crippen LogP contribution in [0.4, 0.5) is 0 Å². The summed E-state index contributed by atoms with van der Waals surface area (Å²) in [7, 11) is 0. The van der Waals surface area contributed by atoms with Crippen molar-refractivity contribution in [2.75, 3.05) is 18.1 Å². The minimum absolute atomic E-state index is 0.161. The van der Waals surface area contributed by atoms with Gasteiger partial charge in [0.05, 0.1) is 0 Å². The summed E-state index contributed by atoms with van der Waals surface area (Å²) in [5, 5.41) is 0. The molecule has 0 amide bonds. The lowest BCUT2D eigenvalue weighted by Gasteiger charge is -2.42. The van der Waals surface area contributed by atoms with Gasteiger partial charge in [-0.15, -0.1) is 23.5 Å². The van der Waals surface area contributed by atoms with Crippen molar-refractivity contribution in [2.45, 2.75) is 43.8 Å². The van der Waals surface area contributed by atoms with E-state index >= 15 is 0 Å². The summed E-state index contributed by atoms with van der Waals surface area (Å²) >= 11 is 4.14. The van der Waals surface area contributed by atoms with E-state index in [1.807, 2.05) is 0 Å². The second-order valence-electron chi connectivity index (χ2n) is 4.42. The summed E-state index contributed by atoms with van der Waals surface area (Å²) in [6, 6.07) is 0. The predicted molar refractivity (Wildman–Crippen MR) is 65.8 cm³/mol. The van der Waals surface area contributed by atoms with Crippen LogP contribution in [0.3, 0.4) is 0 Å². The van der Waals surface area contributed by atoms with Crippen molar-refractivity contribution in [3.63, 3.8) is 0 Å². The number of thioether (sulfide) groups is 2. The van der Waals surface area contributed by atoms with Crippen LogP contribution in [-0.2, 0) is 4.74 Å². The molecule has 1 spiro atoms. The van der Waals surface area contributed by atoms with Crippen LogP contribution in [0.1, 0.15) is 39.5 Å². The number of hydrogen-bond donors (Lipinski definition) is 0. The van der Waals surface area contributed by atoms with E-state index in [0.29, 0.717) is 5.41 Å². The molecule has 82 valence electrons. The Morgan fingerprint density at radius 1 is 1.14 bits per heavy atom. The molecule has 14 heavy (non-hydrogen) atoms. The van der Waals surface area contributed by atoms with Gasteiger partial charge >= 0.3 is 0 Å². The fourth-order valence-corrected chi connectivity index (χ4v) is 5.88. The Morgan fingerprint density at radius 2 is 1.79 bits per heavy atom. The van der Waals surface area contributed by atoms with Gasteiger partial charge in [0, 0.05) is 18.1 Å². The zero-order chi connectivity index (χ0) is 10.1. The number of ether oxygens (including phenoxy) is 1. The maximum Gasteiger partial charge on any atom is 0.160 e. The summed E-state index contributed by atoms with van der Waals surface area (Å²) in [6.45, 7) is 5.64. The van der Waals surface area contributed by atoms with Crippen molar-refractivity contribution >= 4 is 23.5 Å². The molecule has 0 aromatic rings. The zero-order valence-corrected chi connectivity index (χ0v) is 10.8. The Morgan fingerprint density at radius 3 is 2.21 bits per heavy atom. The van der Waals surface area contributed by atoms with Crippen LogP contribution in [-0.4, -0.2) is 22.4 Å². The van der Waals surface area contributed by atoms with E-state index in [9.17, 15) is 0 Å². The highest BCUT2D eigenvalue weighted by molar-refractivity contribution is 8.18. The molecule has 2 aliphatic rings. The lowest BCUT2D eigenvalue weighted by Crippen LogP contribution is -2.36. The standard InChI is InChI=1S/C11H20OS2/c1-3-10(4-2)8-13-11(14-9-10)6-5-7-12-11/h3-9H2,1-2H3. The molecular weight excluding hydrogens is 212 g/mol. The van der Waals surface area contributed by atoms with E-state index in [-0.39, 0.29) is 4.27 Å². The SMILES string of the molecule is CCC1(CC)CSC2(CCCO2)SC1. The summed E-state index contributed by atoms with van der Waals surface area (Å²) in [6.07, 6.45) is 5.15. The van der Waals surface area contributed by atoms with Crippen molar-refractivity contribution < 1.29 is 4.74 Å². The van der Waals surface area contributed by atoms with Gasteiger partial charge in [0.25, 0.3) is 0 Å². The molecule has 2 fully saturated rings. The van der Waals surface area contributed by atoms with E-state index in [2.05, 4.69) is 37.4 Å². The Kier molecular flexibility index (Phi) is 3.40. The van der Waals surface area contributed by atoms with Gasteiger partial charge in [-0.25, -0.2) is 0 Å². The van der Waals surface area contributed by atoms with Crippen molar-refractivity contribution in [2.24, 2.45) is 5.41 Å². The Balaban J connectivity index is 1.96. The van der Waals surface area contributed by atoms with Crippen LogP contribution in [0, 0.1) is 5.41 Å². The summed E-state index contributed by atoms with van der Waals surface area (Å²) in [5.41, 5.74) is 0.590. The fourth-order valence-electron chi connectivity index (χ4n) is 2.08. The smallest absolute Gasteiger partial charge is 0.160 e. The van der Waals surface area contributed by atoms with Gasteiger partial charge in [0.15, 0.2) is 4.27 Å². The quantitative estimate of drug-likeness (QED) is 0.718. The van der Waals surface area contributed by atoms with Crippen LogP contribution in [0.15, 0.2) is 0 Å². The molecule has 2 saturated heterocycles. The highest BCUT2D eigenvalue weighted by Gasteiger charge is 2.44. The highest BCUT2D eigenvalue weighted by Crippen LogP contribution is 2.55. The third-order valence-corrected chi connectivity index (χ3v) is 7.39. The normalized spacial score (nSPS) is 29.6. The van der Waals surface area contributed by atoms with E-state index in [0.717, 1.165) is 6.61 Å². The van der Waals surface area contributed by atoms with Crippen molar-refractivity contribution in [3.05, 3.63) is 0 Å². The van der Waals surface area contributed by atoms with Crippen LogP contribution in [0.2, 0.25) is 0 Å². The molecule has 3 heteroatoms. The maximum absolute atomic E-state index is 5.89. The molecule has 2 aliphatic heterocycles. The van der Waals surface area contributed by atoms with Gasteiger partial charge in [0.2, 0.25) is 0 Å². The molecule has 2 heterocycles. The molecule has 0 unspecified atom stereocenters. The summed E-state index contributed by atoms with van der Waals surface area (Å²) < 4.78 is 6.05. The molecule has 0 atom stereocenters. The van der Waals surface area contributed by atoms with Gasteiger partial charge in [-0.05, 0) is 31.1 Å². The Hall–Kier alpha value is 0.660. The monoisotopic (exact) mass is 232 g/mol. The van der Waals surface area contributed by atoms with Crippen LogP contribution < -0.4 is 0 Å². The topological polar surface area (TPSA) is 9.23 Å². The summed E-state index contributed by atoms with van der Waals surface area (Å²) in [5.74, 6) is 2.60. The molecule has 0 saturated carbocycles. The maximum atomic E-state index is 5.89. The van der Waals surface area contributed by atoms with Crippen molar-refractivity contribution in [1.82, 2.24) is 0 Å². The van der Waals surface area contributed by atoms with Crippen molar-refractivity contribution in [1.29, 1.82) is 0 Å². The van der Waals surface area contributed by atoms with Crippen LogP contribution in [0.25, 0.3) is 0 Å². The lowest BCUT2D eigenvalue weighted by molar-refractivity contribution is 0.146. The van der Waals surface area contributed by atoms with Crippen LogP contribution in [0.5, 0.6) is 0 Å². The van der Waals surface area contributed by atoms with E-state index in [4.69, 9.17) is 4.74 Å². The second-order valence-corrected chi connectivity index (χ2v) is 7.15. The van der Waals surface area contributed by atoms with Gasteiger partial charge in [0.1, 0.15) is 0 Å². The fraction of sp³-hybridized carbons (Fsp3) is 1.00. The third-order valence-electron chi connectivity index (χ3n) is 3.65. The molecule has 0 aliphatic carbocycles. The molecule has 0 bridgehead atoms. The average Bonchev–Trinajstić information content (AvgIpc) is 2.69. The first-order chi connectivity index (χ1) is 6.74. The van der Waals surface area contributed by atoms with E-state index in [1.54, 1.807) is 0 Å². The molecule has 0 aromatic carbocycles. The first-order valence-corrected chi connectivity index (χ1v) is 7.63. The van der Waals surface area contributed by atoms with E-state index in [1.165, 1.54) is 37.2 Å². The second kappa shape index (κ2) is 4.26. The number of rotatable bonds is 2. The van der Waals surface area contributed by atoms with E-state index < -0.39 is 0 Å². The molecular formula is C11H20OS2. The largest absolute Gasteiger partial charge is 0.355 e. The molecule has 1 nitrogen and oxygen atoms in total. The first kappa shape index (κ1) is 11.2. The van der Waals surface area contributed by atoms with Gasteiger partial charge in [-0.2, -0.15) is 0 Å². The highest BCUT2D eigenvalue weighted by atomic mass is 32.2. The molecule has 0 N–H and O–H groups in total. The zero-order valence-electron chi connectivity index (χ0n) is 9.17. The predicted octanol–water partition coefficient (Wildman–Crippen LogP) is 3.74. The Bertz CT molecular complexity index is 177. The third kappa shape index (κ3) is 1.96. The van der Waals surface area contributed by atoms with Gasteiger partial charge in [-0.1, -0.05) is 13.8 Å². The lowest BCUT2D eigenvalue weighted by atomic mass is 9.87. The molecule has 0 radical (unpaired) electrons. The minimum atomic E-state index is 0.161. The van der Waals surface area contributed by atoms with Gasteiger partial charge < -0.3 is 4.74 Å². The Labute approximate surface area is 95.7 Å². The summed E-state index contributed by atoms with van der Waals surface area (Å²) in [4.78, 5) is 0. The van der Waals surface area contributed by atoms with Crippen molar-refractivity contribution in [3.8, 4) is 0 Å². The average molecular weight is 232 g/mol. The first-order valence-electron chi connectivity index (χ1n) is 5.66. The van der Waals surface area contributed by atoms with Gasteiger partial charge in [-0.3, -0.25) is 0 Å². The van der Waals surface area contributed by atoms with Crippen LogP contribution >= 0.6 is 23.5 Å². The molecule has 0 aromatic heterocycles. The minimum Gasteiger partial charge on any atom is -0.355 e.